The van der Waals surface area contributed by atoms with Crippen LogP contribution in [0.25, 0.3) is 0 Å². The first-order valence-corrected chi connectivity index (χ1v) is 8.54. The first-order valence-electron chi connectivity index (χ1n) is 8.54. The lowest BCUT2D eigenvalue weighted by Gasteiger charge is -2.36. The molecule has 6 nitrogen and oxygen atoms in total. The second kappa shape index (κ2) is 6.95. The van der Waals surface area contributed by atoms with E-state index in [1.54, 1.807) is 7.05 Å². The standard InChI is InChI=1S/C18H28N2O4/c1-18(2,3)13-8-6-12(7-9-13)16(22)24-11-14-10-15(21)20(5)17(23)19(14)4/h10,12-13H,6-9,11H2,1-5H3. The molecular formula is C18H28N2O4. The maximum absolute atomic E-state index is 12.3. The highest BCUT2D eigenvalue weighted by Gasteiger charge is 2.33. The Morgan fingerprint density at radius 3 is 2.25 bits per heavy atom. The summed E-state index contributed by atoms with van der Waals surface area (Å²) in [5, 5.41) is 0. The van der Waals surface area contributed by atoms with Crippen molar-refractivity contribution in [3.63, 3.8) is 0 Å². The van der Waals surface area contributed by atoms with Crippen LogP contribution in [0, 0.1) is 17.3 Å². The first kappa shape index (κ1) is 18.5. The molecule has 0 spiro atoms. The number of aromatic nitrogens is 2. The van der Waals surface area contributed by atoms with Gasteiger partial charge in [-0.1, -0.05) is 20.8 Å². The molecule has 0 amide bonds. The Hall–Kier alpha value is -1.85. The van der Waals surface area contributed by atoms with E-state index in [2.05, 4.69) is 20.8 Å². The Balaban J connectivity index is 1.96. The normalized spacial score (nSPS) is 21.5. The van der Waals surface area contributed by atoms with Crippen LogP contribution in [0.2, 0.25) is 0 Å². The maximum atomic E-state index is 12.3. The van der Waals surface area contributed by atoms with Gasteiger partial charge in [0.1, 0.15) is 6.61 Å². The third kappa shape index (κ3) is 3.97. The van der Waals surface area contributed by atoms with E-state index in [-0.39, 0.29) is 23.9 Å². The van der Waals surface area contributed by atoms with Crippen LogP contribution in [0.15, 0.2) is 15.7 Å². The summed E-state index contributed by atoms with van der Waals surface area (Å²) in [5.74, 6) is 0.335. The highest BCUT2D eigenvalue weighted by Crippen LogP contribution is 2.40. The Labute approximate surface area is 142 Å². The Morgan fingerprint density at radius 1 is 1.12 bits per heavy atom. The van der Waals surface area contributed by atoms with Crippen molar-refractivity contribution >= 4 is 5.97 Å². The third-order valence-electron chi connectivity index (χ3n) is 5.27. The average Bonchev–Trinajstić information content (AvgIpc) is 2.54. The Morgan fingerprint density at radius 2 is 1.71 bits per heavy atom. The lowest BCUT2D eigenvalue weighted by molar-refractivity contribution is -0.151. The molecule has 0 bridgehead atoms. The molecule has 0 unspecified atom stereocenters. The van der Waals surface area contributed by atoms with E-state index in [9.17, 15) is 14.4 Å². The first-order chi connectivity index (χ1) is 11.1. The molecule has 0 aliphatic heterocycles. The summed E-state index contributed by atoms with van der Waals surface area (Å²) in [5.41, 5.74) is -0.119. The fraction of sp³-hybridized carbons (Fsp3) is 0.722. The van der Waals surface area contributed by atoms with Gasteiger partial charge in [0.05, 0.1) is 11.6 Å². The molecule has 1 aromatic rings. The van der Waals surface area contributed by atoms with Crippen molar-refractivity contribution in [3.8, 4) is 0 Å². The number of carbonyl (C=O) groups is 1. The van der Waals surface area contributed by atoms with Crippen LogP contribution in [0.4, 0.5) is 0 Å². The summed E-state index contributed by atoms with van der Waals surface area (Å²) in [7, 11) is 2.99. The topological polar surface area (TPSA) is 70.3 Å². The number of ether oxygens (including phenoxy) is 1. The van der Waals surface area contributed by atoms with Crippen molar-refractivity contribution in [2.75, 3.05) is 0 Å². The van der Waals surface area contributed by atoms with E-state index >= 15 is 0 Å². The van der Waals surface area contributed by atoms with Gasteiger partial charge in [0.15, 0.2) is 0 Å². The molecule has 0 radical (unpaired) electrons. The van der Waals surface area contributed by atoms with E-state index in [1.807, 2.05) is 0 Å². The van der Waals surface area contributed by atoms with Gasteiger partial charge in [-0.2, -0.15) is 0 Å². The SMILES string of the molecule is Cn1c(COC(=O)C2CCC(C(C)(C)C)CC2)cc(=O)n(C)c1=O. The number of nitrogens with zero attached hydrogens (tertiary/aromatic N) is 2. The van der Waals surface area contributed by atoms with Crippen molar-refractivity contribution in [2.24, 2.45) is 31.3 Å². The van der Waals surface area contributed by atoms with Crippen LogP contribution in [0.5, 0.6) is 0 Å². The van der Waals surface area contributed by atoms with Gasteiger partial charge in [-0.15, -0.1) is 0 Å². The molecule has 1 saturated carbocycles. The predicted molar refractivity (Wildman–Crippen MR) is 91.6 cm³/mol. The predicted octanol–water partition coefficient (Wildman–Crippen LogP) is 1.98. The lowest BCUT2D eigenvalue weighted by Crippen LogP contribution is -2.38. The van der Waals surface area contributed by atoms with Gasteiger partial charge in [-0.05, 0) is 37.0 Å². The summed E-state index contributed by atoms with van der Waals surface area (Å²) in [6.07, 6.45) is 3.76. The molecule has 1 aliphatic carbocycles. The summed E-state index contributed by atoms with van der Waals surface area (Å²) < 4.78 is 7.74. The lowest BCUT2D eigenvalue weighted by atomic mass is 9.70. The molecule has 1 heterocycles. The van der Waals surface area contributed by atoms with Gasteiger partial charge in [0.25, 0.3) is 5.56 Å². The van der Waals surface area contributed by atoms with Gasteiger partial charge in [-0.25, -0.2) is 4.79 Å². The Bertz CT molecular complexity index is 716. The van der Waals surface area contributed by atoms with E-state index in [1.165, 1.54) is 17.7 Å². The van der Waals surface area contributed by atoms with Crippen molar-refractivity contribution in [2.45, 2.75) is 53.1 Å². The molecule has 0 atom stereocenters. The number of hydrogen-bond donors (Lipinski definition) is 0. The monoisotopic (exact) mass is 336 g/mol. The second-order valence-electron chi connectivity index (χ2n) is 7.90. The number of hydrogen-bond acceptors (Lipinski definition) is 4. The van der Waals surface area contributed by atoms with Gasteiger partial charge >= 0.3 is 11.7 Å². The molecule has 1 aromatic heterocycles. The van der Waals surface area contributed by atoms with Gasteiger partial charge in [-0.3, -0.25) is 18.7 Å². The highest BCUT2D eigenvalue weighted by atomic mass is 16.5. The maximum Gasteiger partial charge on any atom is 0.330 e. The van der Waals surface area contributed by atoms with Crippen LogP contribution in [0.3, 0.4) is 0 Å². The van der Waals surface area contributed by atoms with Crippen molar-refractivity contribution in [3.05, 3.63) is 32.6 Å². The summed E-state index contributed by atoms with van der Waals surface area (Å²) in [6.45, 7) is 6.69. The summed E-state index contributed by atoms with van der Waals surface area (Å²) >= 11 is 0. The molecule has 6 heteroatoms. The molecule has 2 rings (SSSR count). The molecule has 1 aliphatic rings. The summed E-state index contributed by atoms with van der Waals surface area (Å²) in [4.78, 5) is 35.9. The molecule has 24 heavy (non-hydrogen) atoms. The van der Waals surface area contributed by atoms with E-state index in [0.29, 0.717) is 11.6 Å². The average molecular weight is 336 g/mol. The van der Waals surface area contributed by atoms with Crippen LogP contribution >= 0.6 is 0 Å². The van der Waals surface area contributed by atoms with E-state index in [0.717, 1.165) is 30.3 Å². The molecule has 134 valence electrons. The van der Waals surface area contributed by atoms with Gasteiger partial charge in [0.2, 0.25) is 0 Å². The second-order valence-corrected chi connectivity index (χ2v) is 7.90. The van der Waals surface area contributed by atoms with Crippen LogP contribution in [-0.4, -0.2) is 15.1 Å². The minimum absolute atomic E-state index is 0.0418. The van der Waals surface area contributed by atoms with E-state index in [4.69, 9.17) is 4.74 Å². The highest BCUT2D eigenvalue weighted by molar-refractivity contribution is 5.72. The molecule has 0 aromatic carbocycles. The third-order valence-corrected chi connectivity index (χ3v) is 5.27. The minimum Gasteiger partial charge on any atom is -0.459 e. The quantitative estimate of drug-likeness (QED) is 0.792. The fourth-order valence-corrected chi connectivity index (χ4v) is 3.37. The van der Waals surface area contributed by atoms with Crippen molar-refractivity contribution in [1.29, 1.82) is 0 Å². The van der Waals surface area contributed by atoms with Crippen LogP contribution < -0.4 is 11.2 Å². The fourth-order valence-electron chi connectivity index (χ4n) is 3.37. The van der Waals surface area contributed by atoms with Gasteiger partial charge < -0.3 is 4.74 Å². The molecular weight excluding hydrogens is 308 g/mol. The largest absolute Gasteiger partial charge is 0.459 e. The zero-order valence-corrected chi connectivity index (χ0v) is 15.3. The zero-order chi connectivity index (χ0) is 18.1. The smallest absolute Gasteiger partial charge is 0.330 e. The molecule has 0 saturated heterocycles. The van der Waals surface area contributed by atoms with Gasteiger partial charge in [0, 0.05) is 20.2 Å². The van der Waals surface area contributed by atoms with Crippen molar-refractivity contribution < 1.29 is 9.53 Å². The molecule has 0 N–H and O–H groups in total. The number of esters is 1. The van der Waals surface area contributed by atoms with E-state index < -0.39 is 11.2 Å². The Kier molecular flexibility index (Phi) is 5.35. The molecule has 1 fully saturated rings. The van der Waals surface area contributed by atoms with Crippen LogP contribution in [-0.2, 0) is 30.2 Å². The zero-order valence-electron chi connectivity index (χ0n) is 15.3. The summed E-state index contributed by atoms with van der Waals surface area (Å²) in [6, 6.07) is 1.34. The number of rotatable bonds is 3. The minimum atomic E-state index is -0.417. The van der Waals surface area contributed by atoms with Crippen molar-refractivity contribution in [1.82, 2.24) is 9.13 Å². The number of carbonyl (C=O) groups excluding carboxylic acids is 1. The van der Waals surface area contributed by atoms with Crippen LogP contribution in [0.1, 0.15) is 52.1 Å².